The second-order valence-corrected chi connectivity index (χ2v) is 12.9. The van der Waals surface area contributed by atoms with Crippen molar-refractivity contribution in [3.63, 3.8) is 0 Å². The molecule has 0 spiro atoms. The van der Waals surface area contributed by atoms with Gasteiger partial charge in [0, 0.05) is 36.2 Å². The maximum atomic E-state index is 13.6. The number of rotatable bonds is 8. The SMILES string of the molecule is CN(C)C/C=C/C(=O)Nc1cc2c(Nc3ccc(F)c(Cl)c3)ncnc2cc1O[C@H]1CCOC1.CS(=O)(=O)O.CS(=O)(=O)O. The first-order valence-corrected chi connectivity index (χ1v) is 16.7. The number of hydrogen-bond acceptors (Lipinski definition) is 11. The van der Waals surface area contributed by atoms with Crippen LogP contribution in [0.1, 0.15) is 6.42 Å². The standard InChI is InChI=1S/C24H25ClFN5O3.2CH4O3S/c1-31(2)8-3-4-23(32)30-21-11-17-20(12-22(21)34-16-7-9-33-13-16)27-14-28-24(17)29-15-5-6-19(26)18(25)10-15;2*1-5(2,3)4/h3-6,10-12,14,16H,7-9,13H2,1-2H3,(H,30,32)(H,27,28,29);2*1H3,(H,2,3,4)/b4-3+;;/t16-;;/m0../s1. The summed E-state index contributed by atoms with van der Waals surface area (Å²) < 4.78 is 76.8. The Kier molecular flexibility index (Phi) is 13.8. The molecule has 0 saturated carbocycles. The Hall–Kier alpha value is -3.45. The average molecular weight is 678 g/mol. The van der Waals surface area contributed by atoms with Crippen molar-refractivity contribution in [1.29, 1.82) is 0 Å². The van der Waals surface area contributed by atoms with Gasteiger partial charge in [0.25, 0.3) is 20.2 Å². The number of hydrogen-bond donors (Lipinski definition) is 4. The van der Waals surface area contributed by atoms with Crippen molar-refractivity contribution >= 4 is 65.8 Å². The fourth-order valence-corrected chi connectivity index (χ4v) is 3.60. The Bertz CT molecular complexity index is 1640. The second kappa shape index (κ2) is 16.6. The molecule has 1 fully saturated rings. The molecule has 242 valence electrons. The van der Waals surface area contributed by atoms with Crippen LogP contribution in [0.15, 0.2) is 48.8 Å². The van der Waals surface area contributed by atoms with E-state index in [0.717, 1.165) is 6.42 Å². The Morgan fingerprint density at radius 3 is 2.39 bits per heavy atom. The summed E-state index contributed by atoms with van der Waals surface area (Å²) in [5.41, 5.74) is 1.65. The highest BCUT2D eigenvalue weighted by atomic mass is 35.5. The van der Waals surface area contributed by atoms with Gasteiger partial charge in [0.1, 0.15) is 29.8 Å². The van der Waals surface area contributed by atoms with Crippen LogP contribution in [0.2, 0.25) is 5.02 Å². The number of anilines is 3. The van der Waals surface area contributed by atoms with Gasteiger partial charge in [-0.05, 0) is 38.4 Å². The van der Waals surface area contributed by atoms with Crippen molar-refractivity contribution in [1.82, 2.24) is 14.9 Å². The molecule has 14 nitrogen and oxygen atoms in total. The third-order valence-corrected chi connectivity index (χ3v) is 5.39. The highest BCUT2D eigenvalue weighted by Gasteiger charge is 2.21. The monoisotopic (exact) mass is 677 g/mol. The number of nitrogens with zero attached hydrogens (tertiary/aromatic N) is 3. The van der Waals surface area contributed by atoms with Crippen molar-refractivity contribution in [3.05, 3.63) is 59.7 Å². The Labute approximate surface area is 259 Å². The van der Waals surface area contributed by atoms with E-state index in [1.54, 1.807) is 24.3 Å². The summed E-state index contributed by atoms with van der Waals surface area (Å²) in [4.78, 5) is 23.2. The lowest BCUT2D eigenvalue weighted by atomic mass is 10.1. The molecule has 0 radical (unpaired) electrons. The maximum Gasteiger partial charge on any atom is 0.261 e. The number of carbonyl (C=O) groups excluding carboxylic acids is 1. The molecule has 2 heterocycles. The molecule has 1 aliphatic rings. The molecule has 1 atom stereocenters. The zero-order chi connectivity index (χ0) is 33.1. The van der Waals surface area contributed by atoms with Crippen LogP contribution >= 0.6 is 11.6 Å². The van der Waals surface area contributed by atoms with Gasteiger partial charge < -0.3 is 25.0 Å². The Morgan fingerprint density at radius 1 is 1.16 bits per heavy atom. The zero-order valence-electron chi connectivity index (χ0n) is 24.2. The number of amides is 1. The number of benzene rings is 2. The minimum absolute atomic E-state index is 0.00436. The van der Waals surface area contributed by atoms with Crippen LogP contribution in [0.25, 0.3) is 10.9 Å². The topological polar surface area (TPSA) is 197 Å². The van der Waals surface area contributed by atoms with Gasteiger partial charge in [0.15, 0.2) is 0 Å². The normalized spacial score (nSPS) is 14.9. The number of nitrogens with one attached hydrogen (secondary N) is 2. The highest BCUT2D eigenvalue weighted by Crippen LogP contribution is 2.35. The van der Waals surface area contributed by atoms with Crippen LogP contribution < -0.4 is 15.4 Å². The van der Waals surface area contributed by atoms with Gasteiger partial charge in [-0.15, -0.1) is 0 Å². The number of aromatic nitrogens is 2. The first-order valence-electron chi connectivity index (χ1n) is 12.6. The van der Waals surface area contributed by atoms with Crippen LogP contribution in [0.5, 0.6) is 5.75 Å². The van der Waals surface area contributed by atoms with E-state index in [9.17, 15) is 26.0 Å². The molecular weight excluding hydrogens is 645 g/mol. The van der Waals surface area contributed by atoms with E-state index in [2.05, 4.69) is 20.6 Å². The molecule has 1 aliphatic heterocycles. The van der Waals surface area contributed by atoms with E-state index in [-0.39, 0.29) is 17.0 Å². The molecule has 3 aromatic rings. The summed E-state index contributed by atoms with van der Waals surface area (Å²) in [7, 11) is -3.49. The van der Waals surface area contributed by atoms with Crippen molar-refractivity contribution in [3.8, 4) is 5.75 Å². The molecule has 1 saturated heterocycles. The lowest BCUT2D eigenvalue weighted by Gasteiger charge is -2.17. The number of likely N-dealkylation sites (N-methyl/N-ethyl adjacent to an activating group) is 1. The molecule has 4 rings (SSSR count). The van der Waals surface area contributed by atoms with Gasteiger partial charge in [-0.2, -0.15) is 16.8 Å². The molecule has 0 unspecified atom stereocenters. The molecule has 44 heavy (non-hydrogen) atoms. The Balaban J connectivity index is 0.000000586. The molecular formula is C26H33ClFN5O9S2. The fourth-order valence-electron chi connectivity index (χ4n) is 3.42. The van der Waals surface area contributed by atoms with Gasteiger partial charge in [0.2, 0.25) is 5.91 Å². The quantitative estimate of drug-likeness (QED) is 0.200. The molecule has 18 heteroatoms. The van der Waals surface area contributed by atoms with E-state index in [0.29, 0.717) is 66.1 Å². The van der Waals surface area contributed by atoms with Gasteiger partial charge in [-0.3, -0.25) is 13.9 Å². The van der Waals surface area contributed by atoms with Gasteiger partial charge in [-0.25, -0.2) is 14.4 Å². The molecule has 1 amide bonds. The molecule has 2 aromatic carbocycles. The molecule has 1 aromatic heterocycles. The number of carbonyl (C=O) groups is 1. The molecule has 0 bridgehead atoms. The van der Waals surface area contributed by atoms with E-state index in [1.165, 1.54) is 24.5 Å². The number of halogens is 2. The summed E-state index contributed by atoms with van der Waals surface area (Å²) in [5, 5.41) is 6.67. The smallest absolute Gasteiger partial charge is 0.261 e. The number of ether oxygens (including phenoxy) is 2. The van der Waals surface area contributed by atoms with Crippen molar-refractivity contribution in [2.75, 3.05) is 57.0 Å². The van der Waals surface area contributed by atoms with Gasteiger partial charge in [0.05, 0.1) is 42.0 Å². The number of fused-ring (bicyclic) bond motifs is 1. The van der Waals surface area contributed by atoms with Crippen LogP contribution in [0.4, 0.5) is 21.6 Å². The summed E-state index contributed by atoms with van der Waals surface area (Å²) in [6, 6.07) is 7.82. The van der Waals surface area contributed by atoms with E-state index in [1.807, 2.05) is 19.0 Å². The van der Waals surface area contributed by atoms with Crippen molar-refractivity contribution < 1.29 is 44.6 Å². The minimum atomic E-state index is -3.67. The fraction of sp³-hybridized carbons (Fsp3) is 0.346. The predicted octanol–water partition coefficient (Wildman–Crippen LogP) is 3.40. The third kappa shape index (κ3) is 14.8. The summed E-state index contributed by atoms with van der Waals surface area (Å²) in [6.07, 6.45) is 6.75. The van der Waals surface area contributed by atoms with Crippen LogP contribution in [0.3, 0.4) is 0 Å². The predicted molar refractivity (Wildman–Crippen MR) is 165 cm³/mol. The van der Waals surface area contributed by atoms with Crippen molar-refractivity contribution in [2.24, 2.45) is 0 Å². The highest BCUT2D eigenvalue weighted by molar-refractivity contribution is 7.85. The van der Waals surface area contributed by atoms with Gasteiger partial charge >= 0.3 is 0 Å². The molecule has 4 N–H and O–H groups in total. The van der Waals surface area contributed by atoms with Crippen LogP contribution in [-0.4, -0.2) is 99.2 Å². The maximum absolute atomic E-state index is 13.6. The summed E-state index contributed by atoms with van der Waals surface area (Å²) >= 11 is 5.91. The lowest BCUT2D eigenvalue weighted by molar-refractivity contribution is -0.111. The summed E-state index contributed by atoms with van der Waals surface area (Å²) in [5.74, 6) is 0.170. The summed E-state index contributed by atoms with van der Waals surface area (Å²) in [6.45, 7) is 1.75. The molecule has 0 aliphatic carbocycles. The minimum Gasteiger partial charge on any atom is -0.486 e. The van der Waals surface area contributed by atoms with Gasteiger partial charge in [-0.1, -0.05) is 17.7 Å². The third-order valence-electron chi connectivity index (χ3n) is 5.10. The second-order valence-electron chi connectivity index (χ2n) is 9.57. The van der Waals surface area contributed by atoms with Crippen LogP contribution in [-0.2, 0) is 29.8 Å². The van der Waals surface area contributed by atoms with E-state index in [4.69, 9.17) is 30.2 Å². The zero-order valence-corrected chi connectivity index (χ0v) is 26.6. The largest absolute Gasteiger partial charge is 0.486 e. The Morgan fingerprint density at radius 2 is 1.82 bits per heavy atom. The van der Waals surface area contributed by atoms with Crippen molar-refractivity contribution in [2.45, 2.75) is 12.5 Å². The first-order chi connectivity index (χ1) is 20.4. The lowest BCUT2D eigenvalue weighted by Crippen LogP contribution is -2.18. The van der Waals surface area contributed by atoms with E-state index >= 15 is 0 Å². The first kappa shape index (κ1) is 36.7. The van der Waals surface area contributed by atoms with Crippen LogP contribution in [0, 0.1) is 5.82 Å². The average Bonchev–Trinajstić information content (AvgIpc) is 3.38. The van der Waals surface area contributed by atoms with E-state index < -0.39 is 26.1 Å².